The maximum atomic E-state index is 5.38. The van der Waals surface area contributed by atoms with Gasteiger partial charge in [0.05, 0.1) is 14.2 Å². The topological polar surface area (TPSA) is 49.0 Å². The SMILES string of the molecule is COc1ccc(CNCC(OC)OC)c(C)c1OC. The summed E-state index contributed by atoms with van der Waals surface area (Å²) in [5, 5.41) is 3.29. The predicted octanol–water partition coefficient (Wildman–Crippen LogP) is 1.72. The molecule has 0 saturated heterocycles. The van der Waals surface area contributed by atoms with Gasteiger partial charge in [-0.2, -0.15) is 0 Å². The van der Waals surface area contributed by atoms with Crippen LogP contribution in [0.25, 0.3) is 0 Å². The van der Waals surface area contributed by atoms with Crippen LogP contribution in [0, 0.1) is 6.92 Å². The van der Waals surface area contributed by atoms with E-state index in [1.807, 2.05) is 19.1 Å². The largest absolute Gasteiger partial charge is 0.493 e. The van der Waals surface area contributed by atoms with Crippen molar-refractivity contribution < 1.29 is 18.9 Å². The van der Waals surface area contributed by atoms with E-state index in [4.69, 9.17) is 18.9 Å². The van der Waals surface area contributed by atoms with Crippen molar-refractivity contribution in [3.63, 3.8) is 0 Å². The van der Waals surface area contributed by atoms with Gasteiger partial charge >= 0.3 is 0 Å². The zero-order chi connectivity index (χ0) is 14.3. The normalized spacial score (nSPS) is 10.8. The molecule has 1 rings (SSSR count). The van der Waals surface area contributed by atoms with Gasteiger partial charge in [0.1, 0.15) is 0 Å². The first-order valence-electron chi connectivity index (χ1n) is 6.14. The van der Waals surface area contributed by atoms with E-state index < -0.39 is 0 Å². The Hall–Kier alpha value is -1.30. The Morgan fingerprint density at radius 3 is 2.26 bits per heavy atom. The van der Waals surface area contributed by atoms with Gasteiger partial charge < -0.3 is 24.3 Å². The summed E-state index contributed by atoms with van der Waals surface area (Å²) in [7, 11) is 6.53. The molecule has 0 radical (unpaired) electrons. The summed E-state index contributed by atoms with van der Waals surface area (Å²) in [5.74, 6) is 1.52. The molecule has 0 aliphatic rings. The Balaban J connectivity index is 2.69. The number of hydrogen-bond acceptors (Lipinski definition) is 5. The Morgan fingerprint density at radius 2 is 1.74 bits per heavy atom. The van der Waals surface area contributed by atoms with Gasteiger partial charge in [0.15, 0.2) is 17.8 Å². The molecule has 1 N–H and O–H groups in total. The molecule has 0 saturated carbocycles. The molecule has 108 valence electrons. The van der Waals surface area contributed by atoms with Gasteiger partial charge in [-0.15, -0.1) is 0 Å². The van der Waals surface area contributed by atoms with Gasteiger partial charge in [0.2, 0.25) is 0 Å². The fourth-order valence-corrected chi connectivity index (χ4v) is 1.90. The smallest absolute Gasteiger partial charge is 0.169 e. The van der Waals surface area contributed by atoms with Crippen LogP contribution in [0.15, 0.2) is 12.1 Å². The lowest BCUT2D eigenvalue weighted by atomic mass is 10.1. The molecule has 0 unspecified atom stereocenters. The number of hydrogen-bond donors (Lipinski definition) is 1. The Kier molecular flexibility index (Phi) is 6.62. The summed E-state index contributed by atoms with van der Waals surface area (Å²) in [6, 6.07) is 3.94. The lowest BCUT2D eigenvalue weighted by molar-refractivity contribution is -0.0989. The first-order chi connectivity index (χ1) is 9.17. The van der Waals surface area contributed by atoms with Gasteiger partial charge in [0.25, 0.3) is 0 Å². The predicted molar refractivity (Wildman–Crippen MR) is 73.8 cm³/mol. The van der Waals surface area contributed by atoms with Crippen LogP contribution < -0.4 is 14.8 Å². The van der Waals surface area contributed by atoms with Crippen LogP contribution in [-0.2, 0) is 16.0 Å². The molecular formula is C14H23NO4. The minimum absolute atomic E-state index is 0.236. The van der Waals surface area contributed by atoms with E-state index in [1.165, 1.54) is 0 Å². The highest BCUT2D eigenvalue weighted by Crippen LogP contribution is 2.32. The maximum Gasteiger partial charge on any atom is 0.169 e. The number of nitrogens with one attached hydrogen (secondary N) is 1. The van der Waals surface area contributed by atoms with E-state index in [0.717, 1.165) is 29.2 Å². The van der Waals surface area contributed by atoms with Crippen molar-refractivity contribution in [1.29, 1.82) is 0 Å². The Labute approximate surface area is 114 Å². The molecule has 0 aromatic heterocycles. The molecule has 1 aromatic rings. The minimum Gasteiger partial charge on any atom is -0.493 e. The van der Waals surface area contributed by atoms with Gasteiger partial charge in [0, 0.05) is 27.3 Å². The van der Waals surface area contributed by atoms with E-state index in [2.05, 4.69) is 5.32 Å². The van der Waals surface area contributed by atoms with E-state index in [0.29, 0.717) is 6.54 Å². The highest BCUT2D eigenvalue weighted by Gasteiger charge is 2.11. The number of benzene rings is 1. The molecule has 5 nitrogen and oxygen atoms in total. The number of ether oxygens (including phenoxy) is 4. The van der Waals surface area contributed by atoms with Crippen molar-refractivity contribution in [3.8, 4) is 11.5 Å². The molecule has 0 fully saturated rings. The summed E-state index contributed by atoms with van der Waals surface area (Å²) < 4.78 is 20.9. The molecule has 0 aliphatic heterocycles. The van der Waals surface area contributed by atoms with Gasteiger partial charge in [-0.05, 0) is 24.1 Å². The van der Waals surface area contributed by atoms with Crippen molar-refractivity contribution in [2.24, 2.45) is 0 Å². The summed E-state index contributed by atoms with van der Waals surface area (Å²) >= 11 is 0. The average Bonchev–Trinajstić information content (AvgIpc) is 2.44. The lowest BCUT2D eigenvalue weighted by Gasteiger charge is -2.17. The van der Waals surface area contributed by atoms with Crippen molar-refractivity contribution in [3.05, 3.63) is 23.3 Å². The van der Waals surface area contributed by atoms with Crippen LogP contribution in [0.3, 0.4) is 0 Å². The second-order valence-corrected chi connectivity index (χ2v) is 4.12. The monoisotopic (exact) mass is 269 g/mol. The van der Waals surface area contributed by atoms with Gasteiger partial charge in [-0.25, -0.2) is 0 Å². The van der Waals surface area contributed by atoms with Crippen LogP contribution in [0.5, 0.6) is 11.5 Å². The maximum absolute atomic E-state index is 5.38. The zero-order valence-electron chi connectivity index (χ0n) is 12.3. The third kappa shape index (κ3) is 4.09. The van der Waals surface area contributed by atoms with Crippen LogP contribution in [0.4, 0.5) is 0 Å². The molecule has 0 atom stereocenters. The summed E-state index contributed by atoms with van der Waals surface area (Å²) in [6.45, 7) is 3.36. The van der Waals surface area contributed by atoms with Crippen molar-refractivity contribution in [1.82, 2.24) is 5.32 Å². The standard InChI is InChI=1S/C14H23NO4/c1-10-11(8-15-9-13(17-3)18-4)6-7-12(16-2)14(10)19-5/h6-7,13,15H,8-9H2,1-5H3. The van der Waals surface area contributed by atoms with E-state index in [1.54, 1.807) is 28.4 Å². The highest BCUT2D eigenvalue weighted by atomic mass is 16.7. The molecule has 0 amide bonds. The van der Waals surface area contributed by atoms with Crippen LogP contribution >= 0.6 is 0 Å². The Morgan fingerprint density at radius 1 is 1.05 bits per heavy atom. The molecule has 1 aromatic carbocycles. The molecule has 0 bridgehead atoms. The van der Waals surface area contributed by atoms with E-state index in [-0.39, 0.29) is 6.29 Å². The number of methoxy groups -OCH3 is 4. The van der Waals surface area contributed by atoms with Crippen molar-refractivity contribution in [2.45, 2.75) is 19.8 Å². The molecule has 5 heteroatoms. The fourth-order valence-electron chi connectivity index (χ4n) is 1.90. The molecule has 0 aliphatic carbocycles. The fraction of sp³-hybridized carbons (Fsp3) is 0.571. The summed E-state index contributed by atoms with van der Waals surface area (Å²) in [6.07, 6.45) is -0.236. The van der Waals surface area contributed by atoms with E-state index >= 15 is 0 Å². The summed E-state index contributed by atoms with van der Waals surface area (Å²) in [5.41, 5.74) is 2.23. The van der Waals surface area contributed by atoms with Crippen LogP contribution in [-0.4, -0.2) is 41.3 Å². The quantitative estimate of drug-likeness (QED) is 0.728. The second kappa shape index (κ2) is 7.99. The summed E-state index contributed by atoms with van der Waals surface area (Å²) in [4.78, 5) is 0. The first-order valence-corrected chi connectivity index (χ1v) is 6.14. The minimum atomic E-state index is -0.236. The highest BCUT2D eigenvalue weighted by molar-refractivity contribution is 5.50. The second-order valence-electron chi connectivity index (χ2n) is 4.12. The van der Waals surface area contributed by atoms with Crippen molar-refractivity contribution in [2.75, 3.05) is 35.0 Å². The third-order valence-electron chi connectivity index (χ3n) is 3.06. The van der Waals surface area contributed by atoms with Crippen molar-refractivity contribution >= 4 is 0 Å². The first kappa shape index (κ1) is 15.8. The molecule has 0 spiro atoms. The van der Waals surface area contributed by atoms with Crippen LogP contribution in [0.2, 0.25) is 0 Å². The lowest BCUT2D eigenvalue weighted by Crippen LogP contribution is -2.29. The Bertz CT molecular complexity index is 391. The van der Waals surface area contributed by atoms with Gasteiger partial charge in [-0.1, -0.05) is 6.07 Å². The molecule has 19 heavy (non-hydrogen) atoms. The van der Waals surface area contributed by atoms with E-state index in [9.17, 15) is 0 Å². The number of rotatable bonds is 8. The van der Waals surface area contributed by atoms with Gasteiger partial charge in [-0.3, -0.25) is 0 Å². The average molecular weight is 269 g/mol. The van der Waals surface area contributed by atoms with Crippen LogP contribution in [0.1, 0.15) is 11.1 Å². The molecule has 0 heterocycles. The molecular weight excluding hydrogens is 246 g/mol. The third-order valence-corrected chi connectivity index (χ3v) is 3.06. The zero-order valence-corrected chi connectivity index (χ0v) is 12.3.